The first-order chi connectivity index (χ1) is 12.1. The molecule has 5 nitrogen and oxygen atoms in total. The van der Waals surface area contributed by atoms with Crippen LogP contribution < -0.4 is 4.90 Å². The summed E-state index contributed by atoms with van der Waals surface area (Å²) in [7, 11) is 3.97. The molecule has 2 aliphatic rings. The number of rotatable bonds is 3. The molecule has 1 aromatic rings. The van der Waals surface area contributed by atoms with Crippen molar-refractivity contribution in [3.63, 3.8) is 0 Å². The van der Waals surface area contributed by atoms with Crippen molar-refractivity contribution in [1.29, 1.82) is 0 Å². The summed E-state index contributed by atoms with van der Waals surface area (Å²) < 4.78 is 0. The van der Waals surface area contributed by atoms with Crippen molar-refractivity contribution in [2.24, 2.45) is 5.92 Å². The van der Waals surface area contributed by atoms with E-state index in [0.717, 1.165) is 51.0 Å². The third-order valence-electron chi connectivity index (χ3n) is 5.36. The van der Waals surface area contributed by atoms with Crippen molar-refractivity contribution in [3.05, 3.63) is 29.8 Å². The molecular weight excluding hydrogens is 314 g/mol. The third-order valence-corrected chi connectivity index (χ3v) is 5.36. The van der Waals surface area contributed by atoms with Gasteiger partial charge in [-0.05, 0) is 56.4 Å². The highest BCUT2D eigenvalue weighted by Crippen LogP contribution is 2.23. The molecule has 0 aliphatic carbocycles. The molecule has 2 saturated heterocycles. The average Bonchev–Trinajstić information content (AvgIpc) is 2.67. The maximum Gasteiger partial charge on any atom is 0.253 e. The van der Waals surface area contributed by atoms with Gasteiger partial charge in [0.05, 0.1) is 5.92 Å². The summed E-state index contributed by atoms with van der Waals surface area (Å²) in [6.45, 7) is 3.08. The van der Waals surface area contributed by atoms with Crippen molar-refractivity contribution in [3.8, 4) is 0 Å². The molecule has 0 saturated carbocycles. The van der Waals surface area contributed by atoms with Gasteiger partial charge in [-0.1, -0.05) is 0 Å². The summed E-state index contributed by atoms with van der Waals surface area (Å²) in [6, 6.07) is 7.70. The molecule has 5 heteroatoms. The van der Waals surface area contributed by atoms with Crippen LogP contribution in [0.1, 0.15) is 42.5 Å². The quantitative estimate of drug-likeness (QED) is 0.847. The Bertz CT molecular complexity index is 606. The topological polar surface area (TPSA) is 43.9 Å². The van der Waals surface area contributed by atoms with Crippen LogP contribution in [0.5, 0.6) is 0 Å². The summed E-state index contributed by atoms with van der Waals surface area (Å²) in [5, 5.41) is 0. The molecule has 3 rings (SSSR count). The molecule has 0 bridgehead atoms. The van der Waals surface area contributed by atoms with Gasteiger partial charge in [-0.25, -0.2) is 0 Å². The van der Waals surface area contributed by atoms with Gasteiger partial charge < -0.3 is 14.7 Å². The van der Waals surface area contributed by atoms with Crippen LogP contribution in [-0.4, -0.2) is 61.9 Å². The van der Waals surface area contributed by atoms with Crippen LogP contribution in [0.25, 0.3) is 0 Å². The SMILES string of the molecule is CN(C)c1ccc(C(=O)N2CCC[C@H](C(=O)N3CCCCC3)C2)cc1. The first-order valence-electron chi connectivity index (χ1n) is 9.41. The minimum Gasteiger partial charge on any atom is -0.378 e. The number of piperidine rings is 2. The lowest BCUT2D eigenvalue weighted by Crippen LogP contribution is -2.47. The molecule has 0 aromatic heterocycles. The minimum absolute atomic E-state index is 0.0307. The molecule has 25 heavy (non-hydrogen) atoms. The average molecular weight is 343 g/mol. The van der Waals surface area contributed by atoms with Gasteiger partial charge >= 0.3 is 0 Å². The minimum atomic E-state index is -0.0307. The van der Waals surface area contributed by atoms with E-state index in [-0.39, 0.29) is 17.7 Å². The Morgan fingerprint density at radius 3 is 2.20 bits per heavy atom. The summed E-state index contributed by atoms with van der Waals surface area (Å²) in [6.07, 6.45) is 5.26. The largest absolute Gasteiger partial charge is 0.378 e. The zero-order valence-corrected chi connectivity index (χ0v) is 15.4. The molecule has 0 radical (unpaired) electrons. The monoisotopic (exact) mass is 343 g/mol. The molecule has 0 N–H and O–H groups in total. The van der Waals surface area contributed by atoms with E-state index >= 15 is 0 Å². The fourth-order valence-electron chi connectivity index (χ4n) is 3.82. The molecule has 0 unspecified atom stereocenters. The van der Waals surface area contributed by atoms with E-state index in [4.69, 9.17) is 0 Å². The zero-order chi connectivity index (χ0) is 17.8. The van der Waals surface area contributed by atoms with Gasteiger partial charge in [0.2, 0.25) is 5.91 Å². The Hall–Kier alpha value is -2.04. The zero-order valence-electron chi connectivity index (χ0n) is 15.4. The smallest absolute Gasteiger partial charge is 0.253 e. The lowest BCUT2D eigenvalue weighted by atomic mass is 9.95. The van der Waals surface area contributed by atoms with Gasteiger partial charge in [0.25, 0.3) is 5.91 Å². The second-order valence-electron chi connectivity index (χ2n) is 7.42. The number of amides is 2. The molecular formula is C20H29N3O2. The number of likely N-dealkylation sites (tertiary alicyclic amines) is 2. The highest BCUT2D eigenvalue weighted by molar-refractivity contribution is 5.95. The maximum atomic E-state index is 12.8. The first kappa shape index (κ1) is 17.8. The van der Waals surface area contributed by atoms with Crippen molar-refractivity contribution >= 4 is 17.5 Å². The van der Waals surface area contributed by atoms with Gasteiger partial charge in [0.1, 0.15) is 0 Å². The summed E-state index contributed by atoms with van der Waals surface area (Å²) in [4.78, 5) is 31.5. The van der Waals surface area contributed by atoms with Gasteiger partial charge in [-0.2, -0.15) is 0 Å². The molecule has 2 fully saturated rings. The standard InChI is InChI=1S/C20H29N3O2/c1-21(2)18-10-8-16(9-11-18)19(24)23-14-6-7-17(15-23)20(25)22-12-4-3-5-13-22/h8-11,17H,3-7,12-15H2,1-2H3/t17-/m0/s1. The molecule has 136 valence electrons. The lowest BCUT2D eigenvalue weighted by molar-refractivity contribution is -0.137. The Labute approximate surface area is 150 Å². The summed E-state index contributed by atoms with van der Waals surface area (Å²) in [5.41, 5.74) is 1.78. The molecule has 0 spiro atoms. The van der Waals surface area contributed by atoms with Crippen LogP contribution in [0.2, 0.25) is 0 Å². The van der Waals surface area contributed by atoms with Gasteiger partial charge in [-0.15, -0.1) is 0 Å². The lowest BCUT2D eigenvalue weighted by Gasteiger charge is -2.36. The Morgan fingerprint density at radius 1 is 0.920 bits per heavy atom. The molecule has 2 amide bonds. The molecule has 2 aliphatic heterocycles. The van der Waals surface area contributed by atoms with E-state index in [9.17, 15) is 9.59 Å². The number of hydrogen-bond donors (Lipinski definition) is 0. The second-order valence-corrected chi connectivity index (χ2v) is 7.42. The van der Waals surface area contributed by atoms with Crippen LogP contribution in [0.3, 0.4) is 0 Å². The highest BCUT2D eigenvalue weighted by atomic mass is 16.2. The maximum absolute atomic E-state index is 12.8. The van der Waals surface area contributed by atoms with Crippen molar-refractivity contribution < 1.29 is 9.59 Å². The number of benzene rings is 1. The first-order valence-corrected chi connectivity index (χ1v) is 9.41. The highest BCUT2D eigenvalue weighted by Gasteiger charge is 2.32. The van der Waals surface area contributed by atoms with E-state index < -0.39 is 0 Å². The van der Waals surface area contributed by atoms with Crippen LogP contribution in [0, 0.1) is 5.92 Å². The number of anilines is 1. The molecule has 1 aromatic carbocycles. The van der Waals surface area contributed by atoms with Crippen LogP contribution >= 0.6 is 0 Å². The van der Waals surface area contributed by atoms with Gasteiger partial charge in [0.15, 0.2) is 0 Å². The van der Waals surface area contributed by atoms with Gasteiger partial charge in [0, 0.05) is 51.5 Å². The fourth-order valence-corrected chi connectivity index (χ4v) is 3.82. The summed E-state index contributed by atoms with van der Waals surface area (Å²) >= 11 is 0. The Balaban J connectivity index is 1.63. The number of carbonyl (C=O) groups is 2. The van der Waals surface area contributed by atoms with Crippen molar-refractivity contribution in [2.75, 3.05) is 45.2 Å². The van der Waals surface area contributed by atoms with Crippen LogP contribution in [-0.2, 0) is 4.79 Å². The van der Waals surface area contributed by atoms with E-state index in [1.807, 2.05) is 53.1 Å². The second kappa shape index (κ2) is 7.89. The predicted octanol–water partition coefficient (Wildman–Crippen LogP) is 2.62. The van der Waals surface area contributed by atoms with Crippen molar-refractivity contribution in [1.82, 2.24) is 9.80 Å². The van der Waals surface area contributed by atoms with Crippen molar-refractivity contribution in [2.45, 2.75) is 32.1 Å². The Kier molecular flexibility index (Phi) is 5.61. The molecule has 1 atom stereocenters. The van der Waals surface area contributed by atoms with E-state index in [2.05, 4.69) is 0 Å². The number of nitrogens with zero attached hydrogens (tertiary/aromatic N) is 3. The summed E-state index contributed by atoms with van der Waals surface area (Å²) in [5.74, 6) is 0.262. The normalized spacial score (nSPS) is 21.1. The van der Waals surface area contributed by atoms with E-state index in [0.29, 0.717) is 12.1 Å². The van der Waals surface area contributed by atoms with E-state index in [1.54, 1.807) is 0 Å². The van der Waals surface area contributed by atoms with Gasteiger partial charge in [-0.3, -0.25) is 9.59 Å². The Morgan fingerprint density at radius 2 is 1.56 bits per heavy atom. The van der Waals surface area contributed by atoms with Crippen LogP contribution in [0.4, 0.5) is 5.69 Å². The van der Waals surface area contributed by atoms with Crippen LogP contribution in [0.15, 0.2) is 24.3 Å². The number of hydrogen-bond acceptors (Lipinski definition) is 3. The fraction of sp³-hybridized carbons (Fsp3) is 0.600. The third kappa shape index (κ3) is 4.14. The predicted molar refractivity (Wildman–Crippen MR) is 99.8 cm³/mol. The number of carbonyl (C=O) groups excluding carboxylic acids is 2. The van der Waals surface area contributed by atoms with E-state index in [1.165, 1.54) is 6.42 Å². The molecule has 2 heterocycles.